The molecule has 7 nitrogen and oxygen atoms in total. The summed E-state index contributed by atoms with van der Waals surface area (Å²) >= 11 is 2.92. The second kappa shape index (κ2) is 9.02. The lowest BCUT2D eigenvalue weighted by molar-refractivity contribution is -0.149. The van der Waals surface area contributed by atoms with Crippen LogP contribution in [0.2, 0.25) is 0 Å². The first kappa shape index (κ1) is 20.0. The zero-order valence-electron chi connectivity index (χ0n) is 15.7. The molecule has 1 aromatic carbocycles. The number of esters is 1. The van der Waals surface area contributed by atoms with E-state index in [0.717, 1.165) is 16.0 Å². The summed E-state index contributed by atoms with van der Waals surface area (Å²) in [5.41, 5.74) is 1.45. The zero-order valence-corrected chi connectivity index (χ0v) is 17.4. The van der Waals surface area contributed by atoms with Crippen molar-refractivity contribution in [3.63, 3.8) is 0 Å². The summed E-state index contributed by atoms with van der Waals surface area (Å²) in [6.45, 7) is -0.372. The van der Waals surface area contributed by atoms with Crippen LogP contribution in [-0.4, -0.2) is 28.0 Å². The lowest BCUT2D eigenvalue weighted by Gasteiger charge is -2.08. The molecular formula is C21H17N3O4S2. The molecule has 9 heteroatoms. The van der Waals surface area contributed by atoms with Crippen molar-refractivity contribution in [3.8, 4) is 10.4 Å². The molecule has 0 saturated carbocycles. The largest absolute Gasteiger partial charge is 0.454 e. The molecule has 4 rings (SSSR count). The molecule has 0 radical (unpaired) electrons. The molecule has 0 bridgehead atoms. The van der Waals surface area contributed by atoms with Crippen LogP contribution in [0.5, 0.6) is 0 Å². The molecule has 0 unspecified atom stereocenters. The van der Waals surface area contributed by atoms with Crippen molar-refractivity contribution in [2.45, 2.75) is 13.1 Å². The summed E-state index contributed by atoms with van der Waals surface area (Å²) in [6, 6.07) is 13.3. The molecule has 1 amide bonds. The van der Waals surface area contributed by atoms with Gasteiger partial charge in [0.15, 0.2) is 6.61 Å². The van der Waals surface area contributed by atoms with Gasteiger partial charge in [0.2, 0.25) is 0 Å². The van der Waals surface area contributed by atoms with Gasteiger partial charge < -0.3 is 10.1 Å². The lowest BCUT2D eigenvalue weighted by atomic mass is 10.2. The van der Waals surface area contributed by atoms with Gasteiger partial charge in [-0.3, -0.25) is 19.0 Å². The minimum Gasteiger partial charge on any atom is -0.454 e. The molecular weight excluding hydrogens is 422 g/mol. The van der Waals surface area contributed by atoms with Gasteiger partial charge in [-0.1, -0.05) is 36.4 Å². The number of thiophene rings is 2. The first-order valence-electron chi connectivity index (χ1n) is 9.08. The van der Waals surface area contributed by atoms with E-state index in [0.29, 0.717) is 16.8 Å². The molecule has 0 spiro atoms. The highest BCUT2D eigenvalue weighted by Crippen LogP contribution is 2.33. The minimum absolute atomic E-state index is 0.310. The van der Waals surface area contributed by atoms with Gasteiger partial charge in [-0.25, -0.2) is 4.98 Å². The molecule has 0 atom stereocenters. The maximum atomic E-state index is 12.9. The average Bonchev–Trinajstić information content (AvgIpc) is 3.43. The van der Waals surface area contributed by atoms with Crippen LogP contribution in [0.15, 0.2) is 64.3 Å². The number of nitrogens with one attached hydrogen (secondary N) is 1. The van der Waals surface area contributed by atoms with Gasteiger partial charge in [-0.2, -0.15) is 0 Å². The summed E-state index contributed by atoms with van der Waals surface area (Å²) in [5, 5.41) is 7.00. The van der Waals surface area contributed by atoms with Gasteiger partial charge in [-0.05, 0) is 17.0 Å². The number of fused-ring (bicyclic) bond motifs is 1. The maximum absolute atomic E-state index is 12.9. The van der Waals surface area contributed by atoms with Crippen molar-refractivity contribution in [2.24, 2.45) is 0 Å². The molecule has 30 heavy (non-hydrogen) atoms. The van der Waals surface area contributed by atoms with Gasteiger partial charge in [0.1, 0.15) is 11.4 Å². The number of aromatic nitrogens is 2. The summed E-state index contributed by atoms with van der Waals surface area (Å²) in [6.07, 6.45) is 1.33. The summed E-state index contributed by atoms with van der Waals surface area (Å²) < 4.78 is 6.22. The highest BCUT2D eigenvalue weighted by atomic mass is 32.1. The Morgan fingerprint density at radius 2 is 1.93 bits per heavy atom. The fraction of sp³-hybridized carbons (Fsp3) is 0.143. The zero-order chi connectivity index (χ0) is 20.9. The normalized spacial score (nSPS) is 10.8. The van der Waals surface area contributed by atoms with E-state index in [1.165, 1.54) is 33.6 Å². The number of ether oxygens (including phenoxy) is 1. The van der Waals surface area contributed by atoms with E-state index in [4.69, 9.17) is 4.74 Å². The van der Waals surface area contributed by atoms with E-state index in [1.807, 2.05) is 53.2 Å². The van der Waals surface area contributed by atoms with Crippen molar-refractivity contribution in [2.75, 3.05) is 6.61 Å². The van der Waals surface area contributed by atoms with Crippen molar-refractivity contribution >= 4 is 44.8 Å². The molecule has 0 saturated heterocycles. The Bertz CT molecular complexity index is 1230. The monoisotopic (exact) mass is 439 g/mol. The standard InChI is InChI=1S/C21H17N3O4S2/c25-17(22-9-14-5-2-1-3-6-14)11-28-18(26)10-24-13-23-20-19(21(24)27)15(12-30-20)16-7-4-8-29-16/h1-8,12-13H,9-11H2,(H,22,25). The van der Waals surface area contributed by atoms with E-state index in [-0.39, 0.29) is 12.1 Å². The molecule has 1 N–H and O–H groups in total. The SMILES string of the molecule is O=C(COC(=O)Cn1cnc2scc(-c3cccs3)c2c1=O)NCc1ccccc1. The van der Waals surface area contributed by atoms with E-state index in [2.05, 4.69) is 10.3 Å². The van der Waals surface area contributed by atoms with Crippen molar-refractivity contribution < 1.29 is 14.3 Å². The third kappa shape index (κ3) is 4.47. The number of benzene rings is 1. The number of carbonyl (C=O) groups is 2. The summed E-state index contributed by atoms with van der Waals surface area (Å²) in [5.74, 6) is -1.09. The molecule has 4 aromatic rings. The number of nitrogens with zero attached hydrogens (tertiary/aromatic N) is 2. The average molecular weight is 440 g/mol. The summed E-state index contributed by atoms with van der Waals surface area (Å²) in [7, 11) is 0. The van der Waals surface area contributed by atoms with Crippen LogP contribution in [0.3, 0.4) is 0 Å². The molecule has 0 aliphatic heterocycles. The van der Waals surface area contributed by atoms with E-state index in [1.54, 1.807) is 0 Å². The molecule has 3 heterocycles. The molecule has 3 aromatic heterocycles. The Labute approximate surface area is 179 Å². The Kier molecular flexibility index (Phi) is 6.01. The maximum Gasteiger partial charge on any atom is 0.326 e. The van der Waals surface area contributed by atoms with Gasteiger partial charge >= 0.3 is 5.97 Å². The van der Waals surface area contributed by atoms with Crippen LogP contribution in [-0.2, 0) is 27.4 Å². The van der Waals surface area contributed by atoms with Crippen molar-refractivity contribution in [1.82, 2.24) is 14.9 Å². The second-order valence-corrected chi connectivity index (χ2v) is 8.21. The predicted molar refractivity (Wildman–Crippen MR) is 116 cm³/mol. The van der Waals surface area contributed by atoms with E-state index < -0.39 is 18.5 Å². The number of carbonyl (C=O) groups excluding carboxylic acids is 2. The third-order valence-corrected chi connectivity index (χ3v) is 6.13. The van der Waals surface area contributed by atoms with Gasteiger partial charge in [0.05, 0.1) is 11.7 Å². The van der Waals surface area contributed by atoms with Crippen LogP contribution in [0.25, 0.3) is 20.7 Å². The highest BCUT2D eigenvalue weighted by Gasteiger charge is 2.16. The third-order valence-electron chi connectivity index (χ3n) is 4.34. The fourth-order valence-corrected chi connectivity index (χ4v) is 4.59. The van der Waals surface area contributed by atoms with Crippen molar-refractivity contribution in [1.29, 1.82) is 0 Å². The molecule has 0 aliphatic rings. The van der Waals surface area contributed by atoms with E-state index in [9.17, 15) is 14.4 Å². The molecule has 0 aliphatic carbocycles. The Morgan fingerprint density at radius 1 is 1.10 bits per heavy atom. The van der Waals surface area contributed by atoms with Gasteiger partial charge in [0, 0.05) is 22.4 Å². The molecule has 152 valence electrons. The Balaban J connectivity index is 1.38. The van der Waals surface area contributed by atoms with Gasteiger partial charge in [-0.15, -0.1) is 22.7 Å². The molecule has 0 fully saturated rings. The van der Waals surface area contributed by atoms with Crippen LogP contribution in [0.1, 0.15) is 5.56 Å². The Hall–Kier alpha value is -3.30. The number of hydrogen-bond acceptors (Lipinski definition) is 7. The summed E-state index contributed by atoms with van der Waals surface area (Å²) in [4.78, 5) is 42.8. The van der Waals surface area contributed by atoms with Crippen LogP contribution >= 0.6 is 22.7 Å². The van der Waals surface area contributed by atoms with E-state index >= 15 is 0 Å². The van der Waals surface area contributed by atoms with Crippen LogP contribution in [0.4, 0.5) is 0 Å². The van der Waals surface area contributed by atoms with Crippen LogP contribution in [0, 0.1) is 0 Å². The topological polar surface area (TPSA) is 90.3 Å². The quantitative estimate of drug-likeness (QED) is 0.447. The first-order chi connectivity index (χ1) is 14.6. The van der Waals surface area contributed by atoms with Crippen LogP contribution < -0.4 is 10.9 Å². The fourth-order valence-electron chi connectivity index (χ4n) is 2.87. The first-order valence-corrected chi connectivity index (χ1v) is 10.8. The highest BCUT2D eigenvalue weighted by molar-refractivity contribution is 7.18. The number of rotatable bonds is 7. The van der Waals surface area contributed by atoms with Gasteiger partial charge in [0.25, 0.3) is 11.5 Å². The number of amides is 1. The minimum atomic E-state index is -0.680. The second-order valence-electron chi connectivity index (χ2n) is 6.41. The predicted octanol–water partition coefficient (Wildman–Crippen LogP) is 3.05. The Morgan fingerprint density at radius 3 is 2.70 bits per heavy atom. The smallest absolute Gasteiger partial charge is 0.326 e. The lowest BCUT2D eigenvalue weighted by Crippen LogP contribution is -2.30. The van der Waals surface area contributed by atoms with Crippen molar-refractivity contribution in [3.05, 3.63) is 75.5 Å². The number of hydrogen-bond donors (Lipinski definition) is 1.